The number of fused-ring (bicyclic) bond motifs is 3. The van der Waals surface area contributed by atoms with E-state index in [2.05, 4.69) is 6.07 Å². The molecule has 0 N–H and O–H groups in total. The first-order valence-electron chi connectivity index (χ1n) is 8.96. The lowest BCUT2D eigenvalue weighted by Crippen LogP contribution is -2.46. The molecule has 144 valence electrons. The maximum atomic E-state index is 11.3. The second kappa shape index (κ2) is 6.48. The van der Waals surface area contributed by atoms with Crippen molar-refractivity contribution in [2.45, 2.75) is 12.5 Å². The van der Waals surface area contributed by atoms with Crippen molar-refractivity contribution in [3.05, 3.63) is 75.5 Å². The highest BCUT2D eigenvalue weighted by Gasteiger charge is 2.46. The minimum Gasteiger partial charge on any atom is -0.326 e. The summed E-state index contributed by atoms with van der Waals surface area (Å²) in [5, 5.41) is 41.2. The van der Waals surface area contributed by atoms with Gasteiger partial charge in [0.1, 0.15) is 29.6 Å². The molecule has 0 radical (unpaired) electrons. The molecule has 1 aliphatic rings. The first-order valence-corrected chi connectivity index (χ1v) is 8.96. The van der Waals surface area contributed by atoms with Crippen molar-refractivity contribution in [2.75, 3.05) is 11.9 Å². The molecule has 0 aliphatic carbocycles. The molecule has 2 aromatic carbocycles. The number of aromatic nitrogens is 1. The second-order valence-corrected chi connectivity index (χ2v) is 7.04. The number of nitrogens with zero attached hydrogens (tertiary/aromatic N) is 6. The van der Waals surface area contributed by atoms with Crippen molar-refractivity contribution >= 4 is 11.5 Å². The molecule has 2 heterocycles. The van der Waals surface area contributed by atoms with Crippen LogP contribution in [-0.2, 0) is 5.54 Å². The lowest BCUT2D eigenvalue weighted by molar-refractivity contribution is -0.384. The summed E-state index contributed by atoms with van der Waals surface area (Å²) in [6, 6.07) is 17.9. The number of nitriles is 3. The van der Waals surface area contributed by atoms with Crippen molar-refractivity contribution in [3.8, 4) is 35.0 Å². The Morgan fingerprint density at radius 1 is 1.07 bits per heavy atom. The van der Waals surface area contributed by atoms with E-state index in [1.807, 2.05) is 43.3 Å². The summed E-state index contributed by atoms with van der Waals surface area (Å²) in [7, 11) is 1.57. The Hall–Kier alpha value is -4.61. The topological polar surface area (TPSA) is 123 Å². The minimum absolute atomic E-state index is 0.168. The maximum Gasteiger partial charge on any atom is 0.271 e. The van der Waals surface area contributed by atoms with Crippen molar-refractivity contribution in [3.63, 3.8) is 0 Å². The van der Waals surface area contributed by atoms with Crippen LogP contribution in [0.3, 0.4) is 0 Å². The van der Waals surface area contributed by atoms with Crippen LogP contribution in [0.25, 0.3) is 16.8 Å². The number of hydrogen-bond acceptors (Lipinski definition) is 6. The molecule has 1 aromatic heterocycles. The molecule has 0 spiro atoms. The van der Waals surface area contributed by atoms with Gasteiger partial charge < -0.3 is 9.47 Å². The molecule has 0 saturated heterocycles. The second-order valence-electron chi connectivity index (χ2n) is 7.04. The van der Waals surface area contributed by atoms with Gasteiger partial charge in [0, 0.05) is 36.5 Å². The highest BCUT2D eigenvalue weighted by molar-refractivity contribution is 5.83. The molecule has 0 amide bonds. The van der Waals surface area contributed by atoms with Gasteiger partial charge in [-0.05, 0) is 18.6 Å². The molecule has 8 nitrogen and oxygen atoms in total. The molecule has 3 aromatic rings. The summed E-state index contributed by atoms with van der Waals surface area (Å²) >= 11 is 0. The molecule has 4 rings (SSSR count). The van der Waals surface area contributed by atoms with Crippen LogP contribution in [0, 0.1) is 51.0 Å². The average molecular weight is 394 g/mol. The third kappa shape index (κ3) is 2.37. The highest BCUT2D eigenvalue weighted by atomic mass is 16.6. The number of aryl methyl sites for hydroxylation is 1. The van der Waals surface area contributed by atoms with E-state index < -0.39 is 10.5 Å². The Morgan fingerprint density at radius 2 is 1.73 bits per heavy atom. The summed E-state index contributed by atoms with van der Waals surface area (Å²) in [6.07, 6.45) is 1.72. The summed E-state index contributed by atoms with van der Waals surface area (Å²) in [4.78, 5) is 12.3. The standard InChI is InChI=1S/C22H14N6O2/c1-14-3-5-15(6-4-14)18-11-27-20-9-16(28(29)30)7-8-19(20)22(12-24,13-25)26(2)21(27)17(18)10-23/h3-9,11H,1-2H3. The zero-order valence-corrected chi connectivity index (χ0v) is 16.1. The molecule has 0 saturated carbocycles. The number of nitro benzene ring substituents is 1. The van der Waals surface area contributed by atoms with Gasteiger partial charge in [0.15, 0.2) is 0 Å². The minimum atomic E-state index is -1.73. The van der Waals surface area contributed by atoms with Crippen LogP contribution >= 0.6 is 0 Å². The summed E-state index contributed by atoms with van der Waals surface area (Å²) < 4.78 is 1.64. The first-order chi connectivity index (χ1) is 14.4. The van der Waals surface area contributed by atoms with Crippen LogP contribution in [-0.4, -0.2) is 16.5 Å². The Balaban J connectivity index is 2.11. The number of anilines is 1. The summed E-state index contributed by atoms with van der Waals surface area (Å²) in [5.41, 5.74) is 1.51. The highest BCUT2D eigenvalue weighted by Crippen LogP contribution is 2.46. The van der Waals surface area contributed by atoms with E-state index in [0.717, 1.165) is 11.1 Å². The molecule has 0 atom stereocenters. The first kappa shape index (κ1) is 18.7. The monoisotopic (exact) mass is 394 g/mol. The third-order valence-corrected chi connectivity index (χ3v) is 5.44. The van der Waals surface area contributed by atoms with Crippen LogP contribution in [0.15, 0.2) is 48.7 Å². The molecule has 8 heteroatoms. The number of non-ortho nitro benzene ring substituents is 1. The quantitative estimate of drug-likeness (QED) is 0.479. The fourth-order valence-corrected chi connectivity index (χ4v) is 3.84. The number of benzene rings is 2. The molecule has 0 fully saturated rings. The van der Waals surface area contributed by atoms with E-state index >= 15 is 0 Å². The number of hydrogen-bond donors (Lipinski definition) is 0. The molecule has 0 unspecified atom stereocenters. The Labute approximate surface area is 172 Å². The molecule has 30 heavy (non-hydrogen) atoms. The van der Waals surface area contributed by atoms with E-state index in [4.69, 9.17) is 0 Å². The molecule has 1 aliphatic heterocycles. The Bertz CT molecular complexity index is 1320. The molecular weight excluding hydrogens is 380 g/mol. The van der Waals surface area contributed by atoms with E-state index in [1.54, 1.807) is 17.8 Å². The van der Waals surface area contributed by atoms with Crippen molar-refractivity contribution < 1.29 is 4.92 Å². The van der Waals surface area contributed by atoms with Gasteiger partial charge in [0.25, 0.3) is 5.69 Å². The maximum absolute atomic E-state index is 11.3. The van der Waals surface area contributed by atoms with Gasteiger partial charge in [-0.3, -0.25) is 10.1 Å². The fraction of sp³-hybridized carbons (Fsp3) is 0.136. The Morgan fingerprint density at radius 3 is 2.30 bits per heavy atom. The van der Waals surface area contributed by atoms with Crippen molar-refractivity contribution in [1.82, 2.24) is 4.57 Å². The predicted octanol–water partition coefficient (Wildman–Crippen LogP) is 3.92. The van der Waals surface area contributed by atoms with E-state index in [-0.39, 0.29) is 11.3 Å². The lowest BCUT2D eigenvalue weighted by atomic mass is 9.87. The van der Waals surface area contributed by atoms with Gasteiger partial charge in [0.2, 0.25) is 5.54 Å². The van der Waals surface area contributed by atoms with Crippen LogP contribution < -0.4 is 4.90 Å². The Kier molecular flexibility index (Phi) is 4.05. The number of nitro groups is 1. The third-order valence-electron chi connectivity index (χ3n) is 5.44. The van der Waals surface area contributed by atoms with Gasteiger partial charge in [0.05, 0.1) is 10.6 Å². The van der Waals surface area contributed by atoms with E-state index in [9.17, 15) is 25.9 Å². The van der Waals surface area contributed by atoms with Crippen LogP contribution in [0.5, 0.6) is 0 Å². The lowest BCUT2D eigenvalue weighted by Gasteiger charge is -2.38. The molecular formula is C22H14N6O2. The van der Waals surface area contributed by atoms with Crippen LogP contribution in [0.4, 0.5) is 11.5 Å². The normalized spacial score (nSPS) is 13.4. The smallest absolute Gasteiger partial charge is 0.271 e. The SMILES string of the molecule is Cc1ccc(-c2cn3c(c2C#N)N(C)C(C#N)(C#N)c2ccc([N+](=O)[O-])cc2-3)cc1. The van der Waals surface area contributed by atoms with Gasteiger partial charge in [-0.2, -0.15) is 15.8 Å². The predicted molar refractivity (Wildman–Crippen MR) is 109 cm³/mol. The largest absolute Gasteiger partial charge is 0.326 e. The zero-order valence-electron chi connectivity index (χ0n) is 16.1. The average Bonchev–Trinajstić information content (AvgIpc) is 3.15. The van der Waals surface area contributed by atoms with E-state index in [0.29, 0.717) is 22.6 Å². The van der Waals surface area contributed by atoms with Crippen LogP contribution in [0.1, 0.15) is 16.7 Å². The zero-order chi connectivity index (χ0) is 21.6. The van der Waals surface area contributed by atoms with Gasteiger partial charge in [-0.25, -0.2) is 0 Å². The molecule has 0 bridgehead atoms. The summed E-state index contributed by atoms with van der Waals surface area (Å²) in [6.45, 7) is 1.96. The van der Waals surface area contributed by atoms with Crippen molar-refractivity contribution in [1.29, 1.82) is 15.8 Å². The summed E-state index contributed by atoms with van der Waals surface area (Å²) in [5.74, 6) is 0.337. The van der Waals surface area contributed by atoms with Gasteiger partial charge >= 0.3 is 0 Å². The van der Waals surface area contributed by atoms with Crippen LogP contribution in [0.2, 0.25) is 0 Å². The van der Waals surface area contributed by atoms with Gasteiger partial charge in [-0.15, -0.1) is 0 Å². The van der Waals surface area contributed by atoms with Crippen molar-refractivity contribution in [2.24, 2.45) is 0 Å². The fourth-order valence-electron chi connectivity index (χ4n) is 3.84. The van der Waals surface area contributed by atoms with E-state index in [1.165, 1.54) is 23.1 Å². The van der Waals surface area contributed by atoms with Gasteiger partial charge in [-0.1, -0.05) is 29.8 Å². The number of rotatable bonds is 2.